The first-order chi connectivity index (χ1) is 9.90. The monoisotopic (exact) mass is 296 g/mol. The van der Waals surface area contributed by atoms with Gasteiger partial charge in [-0.25, -0.2) is 4.39 Å². The van der Waals surface area contributed by atoms with Gasteiger partial charge < -0.3 is 4.74 Å². The molecular formula is C14H8F4N2O. The first-order valence-corrected chi connectivity index (χ1v) is 5.77. The smallest absolute Gasteiger partial charge is 0.405 e. The SMILES string of the molecule is N#CCc1ncc(F)cc1-c1ccccc1OC(F)(F)F. The van der Waals surface area contributed by atoms with Crippen LogP contribution in [0.25, 0.3) is 11.1 Å². The number of alkyl halides is 3. The number of aromatic nitrogens is 1. The lowest BCUT2D eigenvalue weighted by Gasteiger charge is -2.14. The van der Waals surface area contributed by atoms with E-state index in [4.69, 9.17) is 5.26 Å². The number of nitriles is 1. The fourth-order valence-electron chi connectivity index (χ4n) is 1.82. The van der Waals surface area contributed by atoms with Crippen LogP contribution in [-0.4, -0.2) is 11.3 Å². The van der Waals surface area contributed by atoms with E-state index in [9.17, 15) is 17.6 Å². The van der Waals surface area contributed by atoms with Gasteiger partial charge in [-0.3, -0.25) is 4.98 Å². The normalized spacial score (nSPS) is 11.0. The van der Waals surface area contributed by atoms with Crippen LogP contribution in [0.2, 0.25) is 0 Å². The molecule has 21 heavy (non-hydrogen) atoms. The van der Waals surface area contributed by atoms with Crippen LogP contribution in [0.4, 0.5) is 17.6 Å². The molecule has 1 aromatic carbocycles. The zero-order valence-electron chi connectivity index (χ0n) is 10.5. The topological polar surface area (TPSA) is 45.9 Å². The van der Waals surface area contributed by atoms with Gasteiger partial charge in [-0.15, -0.1) is 13.2 Å². The number of hydrogen-bond acceptors (Lipinski definition) is 3. The molecule has 0 saturated heterocycles. The van der Waals surface area contributed by atoms with Gasteiger partial charge in [-0.05, 0) is 12.1 Å². The van der Waals surface area contributed by atoms with Crippen LogP contribution >= 0.6 is 0 Å². The highest BCUT2D eigenvalue weighted by molar-refractivity contribution is 5.72. The summed E-state index contributed by atoms with van der Waals surface area (Å²) < 4.78 is 54.5. The fourth-order valence-corrected chi connectivity index (χ4v) is 1.82. The van der Waals surface area contributed by atoms with Crippen LogP contribution in [0.3, 0.4) is 0 Å². The Bertz CT molecular complexity index is 692. The number of ether oxygens (including phenoxy) is 1. The summed E-state index contributed by atoms with van der Waals surface area (Å²) >= 11 is 0. The third-order valence-electron chi connectivity index (χ3n) is 2.59. The molecule has 2 rings (SSSR count). The second kappa shape index (κ2) is 5.79. The molecule has 3 nitrogen and oxygen atoms in total. The highest BCUT2D eigenvalue weighted by Crippen LogP contribution is 2.35. The van der Waals surface area contributed by atoms with E-state index in [0.717, 1.165) is 18.3 Å². The van der Waals surface area contributed by atoms with Crippen LogP contribution in [-0.2, 0) is 6.42 Å². The van der Waals surface area contributed by atoms with Gasteiger partial charge in [0.05, 0.1) is 24.4 Å². The second-order valence-corrected chi connectivity index (χ2v) is 4.03. The summed E-state index contributed by atoms with van der Waals surface area (Å²) in [7, 11) is 0. The van der Waals surface area contributed by atoms with Crippen LogP contribution in [0.15, 0.2) is 36.5 Å². The van der Waals surface area contributed by atoms with Crippen molar-refractivity contribution >= 4 is 0 Å². The number of nitrogens with zero attached hydrogens (tertiary/aromatic N) is 2. The van der Waals surface area contributed by atoms with Gasteiger partial charge in [0.15, 0.2) is 0 Å². The van der Waals surface area contributed by atoms with E-state index < -0.39 is 17.9 Å². The Hall–Kier alpha value is -2.62. The van der Waals surface area contributed by atoms with E-state index in [-0.39, 0.29) is 23.2 Å². The minimum Gasteiger partial charge on any atom is -0.405 e. The van der Waals surface area contributed by atoms with Crippen LogP contribution in [0, 0.1) is 17.1 Å². The molecule has 0 N–H and O–H groups in total. The van der Waals surface area contributed by atoms with Gasteiger partial charge in [0.1, 0.15) is 11.6 Å². The first kappa shape index (κ1) is 14.8. The van der Waals surface area contributed by atoms with Gasteiger partial charge in [0, 0.05) is 11.1 Å². The van der Waals surface area contributed by atoms with Crippen LogP contribution in [0.5, 0.6) is 5.75 Å². The molecule has 0 aliphatic carbocycles. The number of halogens is 4. The van der Waals surface area contributed by atoms with Gasteiger partial charge in [-0.2, -0.15) is 5.26 Å². The molecule has 7 heteroatoms. The highest BCUT2D eigenvalue weighted by atomic mass is 19.4. The maximum absolute atomic E-state index is 13.3. The lowest BCUT2D eigenvalue weighted by molar-refractivity contribution is -0.274. The maximum Gasteiger partial charge on any atom is 0.573 e. The van der Waals surface area contributed by atoms with Crippen LogP contribution in [0.1, 0.15) is 5.69 Å². The predicted molar refractivity (Wildman–Crippen MR) is 65.6 cm³/mol. The van der Waals surface area contributed by atoms with Crippen molar-refractivity contribution in [1.82, 2.24) is 4.98 Å². The molecule has 0 aliphatic rings. The van der Waals surface area contributed by atoms with Gasteiger partial charge in [0.2, 0.25) is 0 Å². The van der Waals surface area contributed by atoms with Crippen molar-refractivity contribution in [1.29, 1.82) is 5.26 Å². The van der Waals surface area contributed by atoms with Gasteiger partial charge in [0.25, 0.3) is 0 Å². The lowest BCUT2D eigenvalue weighted by atomic mass is 10.0. The van der Waals surface area contributed by atoms with Crippen molar-refractivity contribution in [2.75, 3.05) is 0 Å². The highest BCUT2D eigenvalue weighted by Gasteiger charge is 2.32. The standard InChI is InChI=1S/C14H8F4N2O/c15-9-7-11(12(5-6-19)20-8-9)10-3-1-2-4-13(10)21-14(16,17)18/h1-4,7-8H,5H2. The average Bonchev–Trinajstić information content (AvgIpc) is 2.40. The summed E-state index contributed by atoms with van der Waals surface area (Å²) in [5, 5.41) is 8.72. The fraction of sp³-hybridized carbons (Fsp3) is 0.143. The Balaban J connectivity index is 2.57. The Labute approximate surface area is 117 Å². The molecule has 0 aliphatic heterocycles. The predicted octanol–water partition coefficient (Wildman–Crippen LogP) is 3.85. The molecule has 1 heterocycles. The second-order valence-electron chi connectivity index (χ2n) is 4.03. The molecule has 0 bridgehead atoms. The maximum atomic E-state index is 13.3. The van der Waals surface area contributed by atoms with Gasteiger partial charge >= 0.3 is 6.36 Å². The molecule has 0 fully saturated rings. The molecule has 2 aromatic rings. The molecule has 0 amide bonds. The number of para-hydroxylation sites is 1. The molecule has 0 atom stereocenters. The van der Waals surface area contributed by atoms with E-state index in [1.54, 1.807) is 0 Å². The molecule has 108 valence electrons. The summed E-state index contributed by atoms with van der Waals surface area (Å²) in [5.74, 6) is -1.19. The lowest BCUT2D eigenvalue weighted by Crippen LogP contribution is -2.17. The van der Waals surface area contributed by atoms with Crippen molar-refractivity contribution in [2.24, 2.45) is 0 Å². The Kier molecular flexibility index (Phi) is 4.08. The summed E-state index contributed by atoms with van der Waals surface area (Å²) in [6, 6.07) is 8.17. The van der Waals surface area contributed by atoms with Crippen molar-refractivity contribution in [3.8, 4) is 22.9 Å². The summed E-state index contributed by atoms with van der Waals surface area (Å²) in [5.41, 5.74) is 0.292. The average molecular weight is 296 g/mol. The van der Waals surface area contributed by atoms with E-state index >= 15 is 0 Å². The molecule has 0 radical (unpaired) electrons. The summed E-state index contributed by atoms with van der Waals surface area (Å²) in [4.78, 5) is 3.75. The number of hydrogen-bond donors (Lipinski definition) is 0. The molecule has 0 unspecified atom stereocenters. The number of benzene rings is 1. The summed E-state index contributed by atoms with van der Waals surface area (Å²) in [6.45, 7) is 0. The Morgan fingerprint density at radius 2 is 1.90 bits per heavy atom. The largest absolute Gasteiger partial charge is 0.573 e. The van der Waals surface area contributed by atoms with E-state index in [2.05, 4.69) is 9.72 Å². The Morgan fingerprint density at radius 1 is 1.19 bits per heavy atom. The Morgan fingerprint density at radius 3 is 2.57 bits per heavy atom. The zero-order chi connectivity index (χ0) is 15.5. The van der Waals surface area contributed by atoms with E-state index in [1.807, 2.05) is 6.07 Å². The van der Waals surface area contributed by atoms with Crippen molar-refractivity contribution in [3.05, 3.63) is 48.0 Å². The quantitative estimate of drug-likeness (QED) is 0.808. The van der Waals surface area contributed by atoms with Gasteiger partial charge in [-0.1, -0.05) is 18.2 Å². The summed E-state index contributed by atoms with van der Waals surface area (Å²) in [6.07, 6.45) is -4.12. The number of pyridine rings is 1. The minimum atomic E-state index is -4.87. The van der Waals surface area contributed by atoms with E-state index in [1.165, 1.54) is 18.2 Å². The van der Waals surface area contributed by atoms with E-state index in [0.29, 0.717) is 0 Å². The third kappa shape index (κ3) is 3.69. The molecular weight excluding hydrogens is 288 g/mol. The van der Waals surface area contributed by atoms with Crippen LogP contribution < -0.4 is 4.74 Å². The van der Waals surface area contributed by atoms with Crippen molar-refractivity contribution in [3.63, 3.8) is 0 Å². The zero-order valence-corrected chi connectivity index (χ0v) is 10.5. The molecule has 1 aromatic heterocycles. The first-order valence-electron chi connectivity index (χ1n) is 5.77. The van der Waals surface area contributed by atoms with Crippen molar-refractivity contribution < 1.29 is 22.3 Å². The van der Waals surface area contributed by atoms with Crippen molar-refractivity contribution in [2.45, 2.75) is 12.8 Å². The molecule has 0 spiro atoms. The third-order valence-corrected chi connectivity index (χ3v) is 2.59. The molecule has 0 saturated carbocycles. The minimum absolute atomic E-state index is 0.0204. The number of rotatable bonds is 3.